The van der Waals surface area contributed by atoms with Gasteiger partial charge in [0.15, 0.2) is 0 Å². The van der Waals surface area contributed by atoms with Gasteiger partial charge in [-0.05, 0) is 30.9 Å². The Labute approximate surface area is 133 Å². The maximum atomic E-state index is 12.2. The number of aromatic carboxylic acids is 1. The molecule has 5 nitrogen and oxygen atoms in total. The van der Waals surface area contributed by atoms with Gasteiger partial charge < -0.3 is 5.11 Å². The van der Waals surface area contributed by atoms with Crippen molar-refractivity contribution in [2.45, 2.75) is 30.6 Å². The highest BCUT2D eigenvalue weighted by Gasteiger charge is 2.25. The molecule has 0 heterocycles. The molecule has 0 bridgehead atoms. The van der Waals surface area contributed by atoms with Gasteiger partial charge in [-0.25, -0.2) is 17.9 Å². The zero-order chi connectivity index (χ0) is 15.6. The molecule has 1 fully saturated rings. The van der Waals surface area contributed by atoms with Crippen LogP contribution < -0.4 is 4.72 Å². The summed E-state index contributed by atoms with van der Waals surface area (Å²) in [4.78, 5) is 10.8. The SMILES string of the molecule is O=C(O)c1c(Cl)ccc(S(=O)(=O)NCCCC2CC2)c1Cl. The fourth-order valence-electron chi connectivity index (χ4n) is 2.02. The third-order valence-electron chi connectivity index (χ3n) is 3.34. The molecular formula is C13H15Cl2NO4S. The van der Waals surface area contributed by atoms with Gasteiger partial charge >= 0.3 is 5.97 Å². The molecule has 0 unspecified atom stereocenters. The van der Waals surface area contributed by atoms with E-state index in [9.17, 15) is 13.2 Å². The van der Waals surface area contributed by atoms with Crippen LogP contribution in [-0.4, -0.2) is 26.0 Å². The standard InChI is InChI=1S/C13H15Cl2NO4S/c14-9-5-6-10(12(15)11(9)13(17)18)21(19,20)16-7-1-2-8-3-4-8/h5-6,8,16H,1-4,7H2,(H,17,18). The summed E-state index contributed by atoms with van der Waals surface area (Å²) in [6.07, 6.45) is 4.19. The molecule has 0 saturated heterocycles. The fraction of sp³-hybridized carbons (Fsp3) is 0.462. The molecular weight excluding hydrogens is 337 g/mol. The predicted molar refractivity (Wildman–Crippen MR) is 80.6 cm³/mol. The Hall–Kier alpha value is -0.820. The maximum absolute atomic E-state index is 12.2. The van der Waals surface area contributed by atoms with Gasteiger partial charge in [0.25, 0.3) is 0 Å². The van der Waals surface area contributed by atoms with Gasteiger partial charge in [-0.15, -0.1) is 0 Å². The van der Waals surface area contributed by atoms with Gasteiger partial charge in [0.2, 0.25) is 10.0 Å². The Morgan fingerprint density at radius 2 is 2.00 bits per heavy atom. The van der Waals surface area contributed by atoms with Crippen molar-refractivity contribution in [2.24, 2.45) is 5.92 Å². The number of benzene rings is 1. The minimum absolute atomic E-state index is 0.0971. The Morgan fingerprint density at radius 3 is 2.57 bits per heavy atom. The summed E-state index contributed by atoms with van der Waals surface area (Å²) >= 11 is 11.6. The van der Waals surface area contributed by atoms with Crippen molar-refractivity contribution in [3.8, 4) is 0 Å². The zero-order valence-corrected chi connectivity index (χ0v) is 13.4. The minimum atomic E-state index is -3.85. The average Bonchev–Trinajstić information content (AvgIpc) is 3.18. The lowest BCUT2D eigenvalue weighted by Gasteiger charge is -2.10. The second-order valence-electron chi connectivity index (χ2n) is 5.02. The molecule has 8 heteroatoms. The van der Waals surface area contributed by atoms with Crippen LogP contribution in [0.4, 0.5) is 0 Å². The second kappa shape index (κ2) is 6.52. The topological polar surface area (TPSA) is 83.5 Å². The zero-order valence-electron chi connectivity index (χ0n) is 11.1. The van der Waals surface area contributed by atoms with E-state index in [1.165, 1.54) is 25.0 Å². The molecule has 0 atom stereocenters. The maximum Gasteiger partial charge on any atom is 0.338 e. The first-order chi connectivity index (χ1) is 9.83. The Bertz CT molecular complexity index is 656. The van der Waals surface area contributed by atoms with Crippen molar-refractivity contribution in [1.82, 2.24) is 4.72 Å². The number of sulfonamides is 1. The Kier molecular flexibility index (Phi) is 5.14. The smallest absolute Gasteiger partial charge is 0.338 e. The number of carbonyl (C=O) groups is 1. The van der Waals surface area contributed by atoms with Crippen LogP contribution in [-0.2, 0) is 10.0 Å². The van der Waals surface area contributed by atoms with Gasteiger partial charge in [-0.1, -0.05) is 36.0 Å². The highest BCUT2D eigenvalue weighted by atomic mass is 35.5. The molecule has 0 spiro atoms. The van der Waals surface area contributed by atoms with Gasteiger partial charge in [0, 0.05) is 6.54 Å². The first kappa shape index (κ1) is 16.5. The molecule has 0 radical (unpaired) electrons. The highest BCUT2D eigenvalue weighted by molar-refractivity contribution is 7.89. The summed E-state index contributed by atoms with van der Waals surface area (Å²) in [5, 5.41) is 8.57. The van der Waals surface area contributed by atoms with E-state index in [4.69, 9.17) is 28.3 Å². The molecule has 1 aromatic rings. The molecule has 0 aliphatic heterocycles. The first-order valence-corrected chi connectivity index (χ1v) is 8.78. The largest absolute Gasteiger partial charge is 0.478 e. The lowest BCUT2D eigenvalue weighted by Crippen LogP contribution is -2.25. The van der Waals surface area contributed by atoms with Crippen LogP contribution in [0.1, 0.15) is 36.0 Å². The van der Waals surface area contributed by atoms with Gasteiger partial charge in [0.1, 0.15) is 4.90 Å². The van der Waals surface area contributed by atoms with Crippen LogP contribution in [0.5, 0.6) is 0 Å². The summed E-state index contributed by atoms with van der Waals surface area (Å²) < 4.78 is 26.8. The van der Waals surface area contributed by atoms with Crippen LogP contribution in [0.2, 0.25) is 10.0 Å². The predicted octanol–water partition coefficient (Wildman–Crippen LogP) is 3.16. The van der Waals surface area contributed by atoms with Crippen LogP contribution in [0, 0.1) is 5.92 Å². The van der Waals surface area contributed by atoms with Crippen LogP contribution in [0.3, 0.4) is 0 Å². The lowest BCUT2D eigenvalue weighted by atomic mass is 10.2. The molecule has 1 aromatic carbocycles. The van der Waals surface area contributed by atoms with Crippen molar-refractivity contribution in [3.05, 3.63) is 27.7 Å². The van der Waals surface area contributed by atoms with Crippen LogP contribution >= 0.6 is 23.2 Å². The quantitative estimate of drug-likeness (QED) is 0.739. The molecule has 0 aromatic heterocycles. The van der Waals surface area contributed by atoms with E-state index < -0.39 is 21.6 Å². The number of hydrogen-bond acceptors (Lipinski definition) is 3. The van der Waals surface area contributed by atoms with Gasteiger partial charge in [0.05, 0.1) is 15.6 Å². The summed E-state index contributed by atoms with van der Waals surface area (Å²) in [5.74, 6) is -0.636. The lowest BCUT2D eigenvalue weighted by molar-refractivity contribution is 0.0697. The second-order valence-corrected chi connectivity index (χ2v) is 7.54. The fourth-order valence-corrected chi connectivity index (χ4v) is 4.01. The summed E-state index contributed by atoms with van der Waals surface area (Å²) in [5.41, 5.74) is -0.404. The van der Waals surface area contributed by atoms with E-state index in [0.717, 1.165) is 18.8 Å². The molecule has 1 aliphatic carbocycles. The van der Waals surface area contributed by atoms with Crippen LogP contribution in [0.15, 0.2) is 17.0 Å². The molecule has 1 aliphatic rings. The third-order valence-corrected chi connectivity index (χ3v) is 5.66. The molecule has 0 amide bonds. The molecule has 1 saturated carbocycles. The average molecular weight is 352 g/mol. The van der Waals surface area contributed by atoms with E-state index in [2.05, 4.69) is 4.72 Å². The van der Waals surface area contributed by atoms with Crippen LogP contribution in [0.25, 0.3) is 0 Å². The Morgan fingerprint density at radius 1 is 1.33 bits per heavy atom. The van der Waals surface area contributed by atoms with E-state index in [-0.39, 0.29) is 14.9 Å². The summed E-state index contributed by atoms with van der Waals surface area (Å²) in [7, 11) is -3.85. The van der Waals surface area contributed by atoms with Gasteiger partial charge in [-0.3, -0.25) is 0 Å². The number of carboxylic acids is 1. The minimum Gasteiger partial charge on any atom is -0.478 e. The summed E-state index contributed by atoms with van der Waals surface area (Å²) in [6, 6.07) is 2.43. The highest BCUT2D eigenvalue weighted by Crippen LogP contribution is 2.33. The summed E-state index contributed by atoms with van der Waals surface area (Å²) in [6.45, 7) is 0.306. The normalized spacial score (nSPS) is 15.1. The van der Waals surface area contributed by atoms with E-state index in [1.54, 1.807) is 0 Å². The number of halogens is 2. The number of hydrogen-bond donors (Lipinski definition) is 2. The third kappa shape index (κ3) is 4.10. The number of nitrogens with one attached hydrogen (secondary N) is 1. The van der Waals surface area contributed by atoms with E-state index in [0.29, 0.717) is 6.54 Å². The van der Waals surface area contributed by atoms with Crippen molar-refractivity contribution in [3.63, 3.8) is 0 Å². The number of carboxylic acid groups (broad SMARTS) is 1. The number of rotatable bonds is 7. The Balaban J connectivity index is 2.14. The van der Waals surface area contributed by atoms with Crippen molar-refractivity contribution in [2.75, 3.05) is 6.54 Å². The van der Waals surface area contributed by atoms with Gasteiger partial charge in [-0.2, -0.15) is 0 Å². The van der Waals surface area contributed by atoms with Crippen molar-refractivity contribution < 1.29 is 18.3 Å². The first-order valence-electron chi connectivity index (χ1n) is 6.54. The van der Waals surface area contributed by atoms with Crippen molar-refractivity contribution in [1.29, 1.82) is 0 Å². The van der Waals surface area contributed by atoms with E-state index >= 15 is 0 Å². The molecule has 116 valence electrons. The molecule has 2 N–H and O–H groups in total. The van der Waals surface area contributed by atoms with E-state index in [1.807, 2.05) is 0 Å². The monoisotopic (exact) mass is 351 g/mol. The molecule has 2 rings (SSSR count). The van der Waals surface area contributed by atoms with Crippen molar-refractivity contribution >= 4 is 39.2 Å². The molecule has 21 heavy (non-hydrogen) atoms.